The van der Waals surface area contributed by atoms with E-state index in [0.29, 0.717) is 18.8 Å². The van der Waals surface area contributed by atoms with Crippen molar-refractivity contribution in [1.29, 1.82) is 0 Å². The van der Waals surface area contributed by atoms with Gasteiger partial charge in [-0.25, -0.2) is 9.59 Å². The van der Waals surface area contributed by atoms with E-state index >= 15 is 0 Å². The molecule has 0 saturated heterocycles. The summed E-state index contributed by atoms with van der Waals surface area (Å²) in [5.74, 6) is -1.04. The van der Waals surface area contributed by atoms with E-state index in [4.69, 9.17) is 4.74 Å². The third kappa shape index (κ3) is 8.59. The third-order valence-electron chi connectivity index (χ3n) is 5.08. The van der Waals surface area contributed by atoms with Gasteiger partial charge in [0.15, 0.2) is 0 Å². The number of amides is 2. The molecule has 1 saturated carbocycles. The Bertz CT molecular complexity index is 753. The third-order valence-corrected chi connectivity index (χ3v) is 5.08. The van der Waals surface area contributed by atoms with Gasteiger partial charge in [0.1, 0.15) is 17.7 Å². The molecule has 2 amide bonds. The number of carbonyl (C=O) groups is 3. The number of nitrogens with one attached hydrogen (secondary N) is 1. The van der Waals surface area contributed by atoms with Gasteiger partial charge in [-0.1, -0.05) is 57.0 Å². The van der Waals surface area contributed by atoms with Crippen molar-refractivity contribution in [2.75, 3.05) is 0 Å². The molecule has 7 nitrogen and oxygen atoms in total. The molecule has 1 aromatic carbocycles. The Morgan fingerprint density at radius 1 is 1.16 bits per heavy atom. The van der Waals surface area contributed by atoms with Gasteiger partial charge in [0.05, 0.1) is 0 Å². The molecule has 0 heterocycles. The van der Waals surface area contributed by atoms with Crippen LogP contribution < -0.4 is 5.32 Å². The number of benzene rings is 1. The van der Waals surface area contributed by atoms with Crippen LogP contribution in [-0.2, 0) is 20.9 Å². The smallest absolute Gasteiger partial charge is 0.411 e. The van der Waals surface area contributed by atoms with E-state index in [9.17, 15) is 19.5 Å². The first-order valence-electron chi connectivity index (χ1n) is 11.0. The summed E-state index contributed by atoms with van der Waals surface area (Å²) in [5, 5.41) is 12.3. The number of carboxylic acid groups (broad SMARTS) is 1. The fourth-order valence-electron chi connectivity index (χ4n) is 3.40. The Kier molecular flexibility index (Phi) is 8.48. The zero-order valence-corrected chi connectivity index (χ0v) is 19.3. The molecule has 0 bridgehead atoms. The van der Waals surface area contributed by atoms with E-state index in [1.807, 2.05) is 44.2 Å². The molecule has 0 aromatic heterocycles. The van der Waals surface area contributed by atoms with Gasteiger partial charge in [0.25, 0.3) is 0 Å². The van der Waals surface area contributed by atoms with Crippen molar-refractivity contribution in [3.8, 4) is 0 Å². The Morgan fingerprint density at radius 2 is 1.77 bits per heavy atom. The van der Waals surface area contributed by atoms with Crippen molar-refractivity contribution in [1.82, 2.24) is 10.2 Å². The monoisotopic (exact) mass is 432 g/mol. The summed E-state index contributed by atoms with van der Waals surface area (Å²) in [6.45, 7) is 9.46. The maximum atomic E-state index is 13.3. The highest BCUT2D eigenvalue weighted by atomic mass is 16.6. The minimum Gasteiger partial charge on any atom is -0.480 e. The molecule has 0 unspecified atom stereocenters. The summed E-state index contributed by atoms with van der Waals surface area (Å²) < 4.78 is 5.60. The Balaban J connectivity index is 2.29. The van der Waals surface area contributed by atoms with E-state index in [2.05, 4.69) is 5.32 Å². The molecule has 172 valence electrons. The van der Waals surface area contributed by atoms with Gasteiger partial charge < -0.3 is 15.2 Å². The van der Waals surface area contributed by atoms with E-state index < -0.39 is 35.7 Å². The second-order valence-electron chi connectivity index (χ2n) is 9.82. The van der Waals surface area contributed by atoms with E-state index in [0.717, 1.165) is 18.4 Å². The number of hydrogen-bond donors (Lipinski definition) is 2. The van der Waals surface area contributed by atoms with Gasteiger partial charge in [-0.05, 0) is 51.0 Å². The van der Waals surface area contributed by atoms with Crippen molar-refractivity contribution >= 4 is 18.0 Å². The molecule has 2 N–H and O–H groups in total. The first-order chi connectivity index (χ1) is 14.5. The maximum Gasteiger partial charge on any atom is 0.411 e. The topological polar surface area (TPSA) is 95.9 Å². The van der Waals surface area contributed by atoms with Crippen LogP contribution in [-0.4, -0.2) is 45.7 Å². The summed E-state index contributed by atoms with van der Waals surface area (Å²) in [4.78, 5) is 39.5. The Labute approximate surface area is 185 Å². The standard InChI is InChI=1S/C24H36N2O5/c1-16(2)13-20(21(27)25-19(22(28)29)14-17-11-12-17)26(23(30)31-24(3,4)5)15-18-9-7-6-8-10-18/h6-10,16-17,19-20H,11-15H2,1-5H3,(H,25,27)(H,28,29)/t19-,20+/m0/s1. The normalized spacial score (nSPS) is 15.8. The van der Waals surface area contributed by atoms with Crippen molar-refractivity contribution in [3.63, 3.8) is 0 Å². The van der Waals surface area contributed by atoms with Crippen molar-refractivity contribution in [2.24, 2.45) is 11.8 Å². The molecule has 31 heavy (non-hydrogen) atoms. The average molecular weight is 433 g/mol. The summed E-state index contributed by atoms with van der Waals surface area (Å²) in [5.41, 5.74) is 0.142. The quantitative estimate of drug-likeness (QED) is 0.577. The van der Waals surface area contributed by atoms with Crippen LogP contribution >= 0.6 is 0 Å². The summed E-state index contributed by atoms with van der Waals surface area (Å²) in [6, 6.07) is 7.61. The van der Waals surface area contributed by atoms with Gasteiger partial charge in [0.2, 0.25) is 5.91 Å². The molecule has 1 fully saturated rings. The molecule has 0 spiro atoms. The molecule has 1 aliphatic carbocycles. The minimum absolute atomic E-state index is 0.114. The van der Waals surface area contributed by atoms with Crippen LogP contribution in [0.1, 0.15) is 65.9 Å². The number of rotatable bonds is 10. The predicted molar refractivity (Wildman–Crippen MR) is 118 cm³/mol. The highest BCUT2D eigenvalue weighted by molar-refractivity contribution is 5.89. The van der Waals surface area contributed by atoms with Crippen LogP contribution in [0.3, 0.4) is 0 Å². The van der Waals surface area contributed by atoms with Crippen LogP contribution in [0.5, 0.6) is 0 Å². The molecule has 1 aromatic rings. The molecule has 0 aliphatic heterocycles. The second kappa shape index (κ2) is 10.6. The molecule has 2 rings (SSSR count). The van der Waals surface area contributed by atoms with E-state index in [1.165, 1.54) is 4.90 Å². The number of carbonyl (C=O) groups excluding carboxylic acids is 2. The Morgan fingerprint density at radius 3 is 2.26 bits per heavy atom. The summed E-state index contributed by atoms with van der Waals surface area (Å²) in [6.07, 6.45) is 2.21. The van der Waals surface area contributed by atoms with E-state index in [-0.39, 0.29) is 12.5 Å². The molecular weight excluding hydrogens is 396 g/mol. The largest absolute Gasteiger partial charge is 0.480 e. The SMILES string of the molecule is CC(C)C[C@H](C(=O)N[C@@H](CC1CC1)C(=O)O)N(Cc1ccccc1)C(=O)OC(C)(C)C. The average Bonchev–Trinajstić information content (AvgIpc) is 3.47. The van der Waals surface area contributed by atoms with Crippen LogP contribution in [0, 0.1) is 11.8 Å². The predicted octanol–water partition coefficient (Wildman–Crippen LogP) is 4.21. The molecule has 2 atom stereocenters. The lowest BCUT2D eigenvalue weighted by Gasteiger charge is -2.34. The number of carboxylic acids is 1. The van der Waals surface area contributed by atoms with Crippen LogP contribution in [0.15, 0.2) is 30.3 Å². The van der Waals surface area contributed by atoms with E-state index in [1.54, 1.807) is 20.8 Å². The zero-order chi connectivity index (χ0) is 23.2. The lowest BCUT2D eigenvalue weighted by molar-refractivity contribution is -0.143. The first kappa shape index (κ1) is 24.7. The number of ether oxygens (including phenoxy) is 1. The zero-order valence-electron chi connectivity index (χ0n) is 19.3. The molecule has 1 aliphatic rings. The number of aliphatic carboxylic acids is 1. The highest BCUT2D eigenvalue weighted by Crippen LogP contribution is 2.33. The van der Waals surface area contributed by atoms with Crippen molar-refractivity contribution in [3.05, 3.63) is 35.9 Å². The van der Waals surface area contributed by atoms with Crippen LogP contribution in [0.25, 0.3) is 0 Å². The fourth-order valence-corrected chi connectivity index (χ4v) is 3.40. The second-order valence-corrected chi connectivity index (χ2v) is 9.82. The maximum absolute atomic E-state index is 13.3. The summed E-state index contributed by atoms with van der Waals surface area (Å²) in [7, 11) is 0. The molecule has 0 radical (unpaired) electrons. The minimum atomic E-state index is -1.05. The van der Waals surface area contributed by atoms with Gasteiger partial charge in [-0.2, -0.15) is 0 Å². The fraction of sp³-hybridized carbons (Fsp3) is 0.625. The highest BCUT2D eigenvalue weighted by Gasteiger charge is 2.37. The van der Waals surface area contributed by atoms with Gasteiger partial charge in [-0.3, -0.25) is 9.69 Å². The van der Waals surface area contributed by atoms with Gasteiger partial charge in [-0.15, -0.1) is 0 Å². The molecular formula is C24H36N2O5. The number of hydrogen-bond acceptors (Lipinski definition) is 4. The van der Waals surface area contributed by atoms with Gasteiger partial charge in [0, 0.05) is 6.54 Å². The van der Waals surface area contributed by atoms with Crippen molar-refractivity contribution < 1.29 is 24.2 Å². The first-order valence-corrected chi connectivity index (χ1v) is 11.0. The summed E-state index contributed by atoms with van der Waals surface area (Å²) >= 11 is 0. The molecule has 7 heteroatoms. The van der Waals surface area contributed by atoms with Crippen LogP contribution in [0.4, 0.5) is 4.79 Å². The Hall–Kier alpha value is -2.57. The lowest BCUT2D eigenvalue weighted by atomic mass is 10.00. The lowest BCUT2D eigenvalue weighted by Crippen LogP contribution is -2.54. The van der Waals surface area contributed by atoms with Crippen LogP contribution in [0.2, 0.25) is 0 Å². The number of nitrogens with zero attached hydrogens (tertiary/aromatic N) is 1. The van der Waals surface area contributed by atoms with Crippen molar-refractivity contribution in [2.45, 2.75) is 84.5 Å². The van der Waals surface area contributed by atoms with Gasteiger partial charge >= 0.3 is 12.1 Å².